The van der Waals surface area contributed by atoms with Crippen molar-refractivity contribution in [1.82, 2.24) is 0 Å². The SMILES string of the molecule is COc1ccc(NC(=O)C2OC(C)CC2C)cc1OCC(F)(F)F. The summed E-state index contributed by atoms with van der Waals surface area (Å²) in [7, 11) is 1.32. The van der Waals surface area contributed by atoms with Crippen LogP contribution < -0.4 is 14.8 Å². The van der Waals surface area contributed by atoms with Crippen molar-refractivity contribution >= 4 is 11.6 Å². The van der Waals surface area contributed by atoms with Gasteiger partial charge < -0.3 is 19.5 Å². The van der Waals surface area contributed by atoms with Crippen molar-refractivity contribution in [1.29, 1.82) is 0 Å². The highest BCUT2D eigenvalue weighted by atomic mass is 19.4. The molecular weight excluding hydrogens is 327 g/mol. The zero-order valence-corrected chi connectivity index (χ0v) is 13.6. The molecule has 1 aliphatic heterocycles. The number of methoxy groups -OCH3 is 1. The van der Waals surface area contributed by atoms with Crippen molar-refractivity contribution in [2.45, 2.75) is 38.7 Å². The molecule has 1 heterocycles. The van der Waals surface area contributed by atoms with Crippen molar-refractivity contribution in [3.8, 4) is 11.5 Å². The van der Waals surface area contributed by atoms with E-state index in [9.17, 15) is 18.0 Å². The molecule has 1 amide bonds. The second-order valence-electron chi connectivity index (χ2n) is 5.84. The molecule has 134 valence electrons. The third-order valence-corrected chi connectivity index (χ3v) is 3.68. The van der Waals surface area contributed by atoms with E-state index in [0.717, 1.165) is 6.42 Å². The number of amides is 1. The number of anilines is 1. The lowest BCUT2D eigenvalue weighted by molar-refractivity contribution is -0.153. The molecule has 1 N–H and O–H groups in total. The molecule has 1 saturated heterocycles. The highest BCUT2D eigenvalue weighted by Gasteiger charge is 2.35. The lowest BCUT2D eigenvalue weighted by Crippen LogP contribution is -2.31. The van der Waals surface area contributed by atoms with E-state index in [4.69, 9.17) is 14.2 Å². The molecule has 24 heavy (non-hydrogen) atoms. The van der Waals surface area contributed by atoms with Crippen LogP contribution in [0.15, 0.2) is 18.2 Å². The first-order valence-electron chi connectivity index (χ1n) is 7.53. The summed E-state index contributed by atoms with van der Waals surface area (Å²) in [5.74, 6) is -0.212. The van der Waals surface area contributed by atoms with Crippen molar-refractivity contribution in [3.63, 3.8) is 0 Å². The quantitative estimate of drug-likeness (QED) is 0.887. The van der Waals surface area contributed by atoms with Crippen LogP contribution in [0.25, 0.3) is 0 Å². The summed E-state index contributed by atoms with van der Waals surface area (Å²) in [5, 5.41) is 2.64. The minimum Gasteiger partial charge on any atom is -0.493 e. The van der Waals surface area contributed by atoms with Gasteiger partial charge in [0.1, 0.15) is 6.10 Å². The van der Waals surface area contributed by atoms with E-state index in [2.05, 4.69) is 5.32 Å². The van der Waals surface area contributed by atoms with Crippen LogP contribution in [0.5, 0.6) is 11.5 Å². The summed E-state index contributed by atoms with van der Waals surface area (Å²) in [6.45, 7) is 2.36. The van der Waals surface area contributed by atoms with Gasteiger partial charge in [-0.3, -0.25) is 4.79 Å². The van der Waals surface area contributed by atoms with Gasteiger partial charge in [-0.25, -0.2) is 0 Å². The standard InChI is InChI=1S/C16H20F3NO4/c1-9-6-10(2)24-14(9)15(21)20-11-4-5-12(22-3)13(7-11)23-8-16(17,18)19/h4-5,7,9-10,14H,6,8H2,1-3H3,(H,20,21). The number of benzene rings is 1. The topological polar surface area (TPSA) is 56.8 Å². The van der Waals surface area contributed by atoms with E-state index >= 15 is 0 Å². The fourth-order valence-electron chi connectivity index (χ4n) is 2.65. The molecule has 1 aromatic rings. The van der Waals surface area contributed by atoms with Crippen LogP contribution in [-0.4, -0.2) is 38.0 Å². The minimum atomic E-state index is -4.46. The third-order valence-electron chi connectivity index (χ3n) is 3.68. The van der Waals surface area contributed by atoms with E-state index in [1.54, 1.807) is 0 Å². The summed E-state index contributed by atoms with van der Waals surface area (Å²) < 4.78 is 52.2. The van der Waals surface area contributed by atoms with E-state index in [0.29, 0.717) is 5.69 Å². The smallest absolute Gasteiger partial charge is 0.422 e. The number of alkyl halides is 3. The molecule has 0 saturated carbocycles. The molecule has 1 aliphatic rings. The van der Waals surface area contributed by atoms with Gasteiger partial charge >= 0.3 is 6.18 Å². The Balaban J connectivity index is 2.09. The molecule has 0 aliphatic carbocycles. The van der Waals surface area contributed by atoms with Gasteiger partial charge in [-0.05, 0) is 31.4 Å². The minimum absolute atomic E-state index is 0.00250. The Labute approximate surface area is 138 Å². The van der Waals surface area contributed by atoms with Gasteiger partial charge in [0.2, 0.25) is 0 Å². The van der Waals surface area contributed by atoms with Crippen molar-refractivity contribution in [3.05, 3.63) is 18.2 Å². The van der Waals surface area contributed by atoms with Crippen molar-refractivity contribution < 1.29 is 32.2 Å². The molecular formula is C16H20F3NO4. The van der Waals surface area contributed by atoms with Gasteiger partial charge in [-0.1, -0.05) is 6.92 Å². The molecule has 3 atom stereocenters. The predicted octanol–water partition coefficient (Wildman–Crippen LogP) is 3.39. The average Bonchev–Trinajstić information content (AvgIpc) is 2.83. The molecule has 3 unspecified atom stereocenters. The zero-order chi connectivity index (χ0) is 17.9. The molecule has 0 radical (unpaired) electrons. The molecule has 5 nitrogen and oxygen atoms in total. The Bertz CT molecular complexity index is 591. The molecule has 0 bridgehead atoms. The summed E-state index contributed by atoms with van der Waals surface area (Å²) in [6.07, 6.45) is -4.27. The Morgan fingerprint density at radius 1 is 1.33 bits per heavy atom. The van der Waals surface area contributed by atoms with Gasteiger partial charge in [-0.15, -0.1) is 0 Å². The predicted molar refractivity (Wildman–Crippen MR) is 81.3 cm³/mol. The second-order valence-corrected chi connectivity index (χ2v) is 5.84. The molecule has 0 aromatic heterocycles. The lowest BCUT2D eigenvalue weighted by atomic mass is 10.0. The normalized spacial score (nSPS) is 23.8. The molecule has 1 aromatic carbocycles. The fourth-order valence-corrected chi connectivity index (χ4v) is 2.65. The first kappa shape index (κ1) is 18.4. The monoisotopic (exact) mass is 347 g/mol. The summed E-state index contributed by atoms with van der Waals surface area (Å²) >= 11 is 0. The zero-order valence-electron chi connectivity index (χ0n) is 13.6. The Morgan fingerprint density at radius 3 is 2.58 bits per heavy atom. The van der Waals surface area contributed by atoms with Gasteiger partial charge in [0.25, 0.3) is 5.91 Å². The Morgan fingerprint density at radius 2 is 2.04 bits per heavy atom. The van der Waals surface area contributed by atoms with E-state index in [1.165, 1.54) is 25.3 Å². The van der Waals surface area contributed by atoms with E-state index in [-0.39, 0.29) is 29.4 Å². The third kappa shape index (κ3) is 4.77. The van der Waals surface area contributed by atoms with Gasteiger partial charge in [0.15, 0.2) is 18.1 Å². The number of carbonyl (C=O) groups is 1. The van der Waals surface area contributed by atoms with Crippen LogP contribution in [0.2, 0.25) is 0 Å². The van der Waals surface area contributed by atoms with Crippen LogP contribution in [0, 0.1) is 5.92 Å². The molecule has 1 fully saturated rings. The van der Waals surface area contributed by atoms with Crippen molar-refractivity contribution in [2.24, 2.45) is 5.92 Å². The Kier molecular flexibility index (Phi) is 5.58. The summed E-state index contributed by atoms with van der Waals surface area (Å²) in [6, 6.07) is 4.26. The second kappa shape index (κ2) is 7.29. The van der Waals surface area contributed by atoms with Crippen LogP contribution in [-0.2, 0) is 9.53 Å². The average molecular weight is 347 g/mol. The summed E-state index contributed by atoms with van der Waals surface area (Å²) in [4.78, 5) is 12.3. The Hall–Kier alpha value is -1.96. The molecule has 0 spiro atoms. The highest BCUT2D eigenvalue weighted by molar-refractivity contribution is 5.94. The van der Waals surface area contributed by atoms with Crippen LogP contribution in [0.3, 0.4) is 0 Å². The number of hydrogen-bond donors (Lipinski definition) is 1. The lowest BCUT2D eigenvalue weighted by Gasteiger charge is -2.17. The fraction of sp³-hybridized carbons (Fsp3) is 0.562. The highest BCUT2D eigenvalue weighted by Crippen LogP contribution is 2.32. The molecule has 8 heteroatoms. The summed E-state index contributed by atoms with van der Waals surface area (Å²) in [5.41, 5.74) is 0.313. The van der Waals surface area contributed by atoms with Crippen LogP contribution in [0.4, 0.5) is 18.9 Å². The maximum Gasteiger partial charge on any atom is 0.422 e. The number of rotatable bonds is 5. The largest absolute Gasteiger partial charge is 0.493 e. The van der Waals surface area contributed by atoms with Gasteiger partial charge in [0.05, 0.1) is 13.2 Å². The number of nitrogens with one attached hydrogen (secondary N) is 1. The number of hydrogen-bond acceptors (Lipinski definition) is 4. The van der Waals surface area contributed by atoms with E-state index in [1.807, 2.05) is 13.8 Å². The van der Waals surface area contributed by atoms with E-state index < -0.39 is 18.9 Å². The number of halogens is 3. The molecule has 2 rings (SSSR count). The maximum atomic E-state index is 12.3. The first-order valence-corrected chi connectivity index (χ1v) is 7.53. The number of ether oxygens (including phenoxy) is 3. The van der Waals surface area contributed by atoms with Gasteiger partial charge in [-0.2, -0.15) is 13.2 Å². The maximum absolute atomic E-state index is 12.3. The van der Waals surface area contributed by atoms with Crippen molar-refractivity contribution in [2.75, 3.05) is 19.0 Å². The first-order chi connectivity index (χ1) is 11.2. The number of carbonyl (C=O) groups excluding carboxylic acids is 1. The van der Waals surface area contributed by atoms with Crippen LogP contribution in [0.1, 0.15) is 20.3 Å². The van der Waals surface area contributed by atoms with Gasteiger partial charge in [0, 0.05) is 11.8 Å². The van der Waals surface area contributed by atoms with Crippen LogP contribution >= 0.6 is 0 Å².